The molecule has 0 atom stereocenters. The van der Waals surface area contributed by atoms with Crippen molar-refractivity contribution in [2.45, 2.75) is 6.29 Å². The molecule has 1 N–H and O–H groups in total. The van der Waals surface area contributed by atoms with Gasteiger partial charge in [-0.25, -0.2) is 4.79 Å². The van der Waals surface area contributed by atoms with E-state index in [1.54, 1.807) is 18.2 Å². The van der Waals surface area contributed by atoms with Crippen molar-refractivity contribution >= 4 is 29.3 Å². The van der Waals surface area contributed by atoms with Crippen molar-refractivity contribution in [1.29, 1.82) is 5.26 Å². The van der Waals surface area contributed by atoms with Crippen molar-refractivity contribution in [3.05, 3.63) is 53.6 Å². The molecule has 0 aliphatic carbocycles. The third-order valence-electron chi connectivity index (χ3n) is 4.08. The molecule has 3 rings (SSSR count). The van der Waals surface area contributed by atoms with Gasteiger partial charge in [-0.1, -0.05) is 12.1 Å². The zero-order valence-corrected chi connectivity index (χ0v) is 16.5. The molecule has 8 nitrogen and oxygen atoms in total. The molecule has 0 unspecified atom stereocenters. The lowest BCUT2D eigenvalue weighted by molar-refractivity contribution is -0.286. The van der Waals surface area contributed by atoms with Crippen LogP contribution in [0, 0.1) is 11.3 Å². The zero-order chi connectivity index (χ0) is 22.6. The normalized spacial score (nSPS) is 13.8. The Kier molecular flexibility index (Phi) is 6.06. The standard InChI is InChI=1S/C21H17F2N3O5/c1-26(2)16-6-3-13(4-7-16)9-14(11-24)20(28)29-12-19(27)25-15-5-8-17-18(10-15)31-21(22,23)30-17/h3-10H,12H2,1-2H3,(H,25,27)/b14-9+. The van der Waals surface area contributed by atoms with Crippen LogP contribution in [0.5, 0.6) is 11.5 Å². The highest BCUT2D eigenvalue weighted by Crippen LogP contribution is 2.42. The fourth-order valence-electron chi connectivity index (χ4n) is 2.60. The first-order valence-electron chi connectivity index (χ1n) is 8.93. The van der Waals surface area contributed by atoms with Crippen molar-refractivity contribution < 1.29 is 32.6 Å². The number of nitriles is 1. The monoisotopic (exact) mass is 429 g/mol. The Bertz CT molecular complexity index is 1080. The summed E-state index contributed by atoms with van der Waals surface area (Å²) in [6, 6.07) is 12.5. The molecule has 2 aromatic carbocycles. The molecular formula is C21H17F2N3O5. The average molecular weight is 429 g/mol. The van der Waals surface area contributed by atoms with E-state index in [1.807, 2.05) is 31.1 Å². The van der Waals surface area contributed by atoms with Crippen molar-refractivity contribution in [3.63, 3.8) is 0 Å². The van der Waals surface area contributed by atoms with Gasteiger partial charge in [0, 0.05) is 31.5 Å². The van der Waals surface area contributed by atoms with E-state index < -0.39 is 24.8 Å². The van der Waals surface area contributed by atoms with E-state index in [0.717, 1.165) is 11.8 Å². The van der Waals surface area contributed by atoms with Crippen LogP contribution in [-0.2, 0) is 14.3 Å². The van der Waals surface area contributed by atoms with Gasteiger partial charge in [-0.15, -0.1) is 8.78 Å². The maximum Gasteiger partial charge on any atom is 0.586 e. The van der Waals surface area contributed by atoms with Crippen molar-refractivity contribution in [2.24, 2.45) is 0 Å². The van der Waals surface area contributed by atoms with Crippen molar-refractivity contribution in [2.75, 3.05) is 30.9 Å². The molecule has 0 aromatic heterocycles. The highest BCUT2D eigenvalue weighted by Gasteiger charge is 2.43. The van der Waals surface area contributed by atoms with Crippen LogP contribution >= 0.6 is 0 Å². The number of hydrogen-bond acceptors (Lipinski definition) is 7. The maximum absolute atomic E-state index is 13.0. The number of amides is 1. The second-order valence-electron chi connectivity index (χ2n) is 6.61. The van der Waals surface area contributed by atoms with Gasteiger partial charge in [0.05, 0.1) is 0 Å². The van der Waals surface area contributed by atoms with Crippen LogP contribution in [-0.4, -0.2) is 38.9 Å². The number of carbonyl (C=O) groups excluding carboxylic acids is 2. The molecule has 2 aromatic rings. The molecule has 10 heteroatoms. The second-order valence-corrected chi connectivity index (χ2v) is 6.61. The molecule has 0 saturated carbocycles. The van der Waals surface area contributed by atoms with Crippen LogP contribution in [0.3, 0.4) is 0 Å². The Hall–Kier alpha value is -4.13. The fourth-order valence-corrected chi connectivity index (χ4v) is 2.60. The number of nitrogens with zero attached hydrogens (tertiary/aromatic N) is 2. The number of fused-ring (bicyclic) bond motifs is 1. The van der Waals surface area contributed by atoms with Gasteiger partial charge < -0.3 is 24.4 Å². The number of halogens is 2. The quantitative estimate of drug-likeness (QED) is 0.428. The third-order valence-corrected chi connectivity index (χ3v) is 4.08. The highest BCUT2D eigenvalue weighted by atomic mass is 19.3. The van der Waals surface area contributed by atoms with Gasteiger partial charge in [-0.05, 0) is 35.9 Å². The summed E-state index contributed by atoms with van der Waals surface area (Å²) in [6.45, 7) is -0.679. The molecule has 0 bridgehead atoms. The number of ether oxygens (including phenoxy) is 3. The minimum Gasteiger partial charge on any atom is -0.451 e. The van der Waals surface area contributed by atoms with Gasteiger partial charge in [0.15, 0.2) is 18.1 Å². The average Bonchev–Trinajstić information content (AvgIpc) is 3.03. The molecule has 1 aliphatic heterocycles. The van der Waals surface area contributed by atoms with Crippen LogP contribution < -0.4 is 19.7 Å². The Morgan fingerprint density at radius 1 is 1.16 bits per heavy atom. The number of benzene rings is 2. The Balaban J connectivity index is 1.57. The van der Waals surface area contributed by atoms with Gasteiger partial charge in [0.25, 0.3) is 5.91 Å². The molecule has 0 saturated heterocycles. The second kappa shape index (κ2) is 8.71. The summed E-state index contributed by atoms with van der Waals surface area (Å²) in [5.74, 6) is -2.11. The zero-order valence-electron chi connectivity index (χ0n) is 16.5. The summed E-state index contributed by atoms with van der Waals surface area (Å²) in [4.78, 5) is 26.0. The molecule has 31 heavy (non-hydrogen) atoms. The van der Waals surface area contributed by atoms with Gasteiger partial charge in [0.1, 0.15) is 11.6 Å². The van der Waals surface area contributed by atoms with E-state index in [0.29, 0.717) is 5.56 Å². The van der Waals surface area contributed by atoms with Crippen LogP contribution in [0.15, 0.2) is 48.0 Å². The minimum atomic E-state index is -3.77. The van der Waals surface area contributed by atoms with E-state index in [-0.39, 0.29) is 22.8 Å². The van der Waals surface area contributed by atoms with Crippen molar-refractivity contribution in [1.82, 2.24) is 0 Å². The first kappa shape index (κ1) is 21.6. The summed E-state index contributed by atoms with van der Waals surface area (Å²) in [6.07, 6.45) is -2.43. The third kappa shape index (κ3) is 5.48. The van der Waals surface area contributed by atoms with E-state index in [1.165, 1.54) is 18.2 Å². The van der Waals surface area contributed by atoms with Crippen LogP contribution in [0.2, 0.25) is 0 Å². The topological polar surface area (TPSA) is 101 Å². The number of anilines is 2. The van der Waals surface area contributed by atoms with Gasteiger partial charge >= 0.3 is 12.3 Å². The number of nitrogens with one attached hydrogen (secondary N) is 1. The number of carbonyl (C=O) groups is 2. The number of rotatable bonds is 6. The predicted molar refractivity (Wildman–Crippen MR) is 107 cm³/mol. The lowest BCUT2D eigenvalue weighted by atomic mass is 10.1. The van der Waals surface area contributed by atoms with Crippen LogP contribution in [0.4, 0.5) is 20.2 Å². The Morgan fingerprint density at radius 2 is 1.84 bits per heavy atom. The minimum absolute atomic E-state index is 0.137. The smallest absolute Gasteiger partial charge is 0.451 e. The summed E-state index contributed by atoms with van der Waals surface area (Å²) >= 11 is 0. The molecule has 1 amide bonds. The first-order valence-corrected chi connectivity index (χ1v) is 8.93. The van der Waals surface area contributed by atoms with Gasteiger partial charge in [-0.3, -0.25) is 4.79 Å². The molecule has 0 fully saturated rings. The summed E-state index contributed by atoms with van der Waals surface area (Å²) in [5, 5.41) is 11.6. The van der Waals surface area contributed by atoms with Crippen molar-refractivity contribution in [3.8, 4) is 17.6 Å². The van der Waals surface area contributed by atoms with Gasteiger partial charge in [0.2, 0.25) is 0 Å². The molecule has 0 radical (unpaired) electrons. The maximum atomic E-state index is 13.0. The summed E-state index contributed by atoms with van der Waals surface area (Å²) < 4.78 is 39.5. The summed E-state index contributed by atoms with van der Waals surface area (Å²) in [5.41, 5.74) is 1.41. The molecule has 1 aliphatic rings. The lowest BCUT2D eigenvalue weighted by Gasteiger charge is -2.11. The molecule has 1 heterocycles. The molecular weight excluding hydrogens is 412 g/mol. The van der Waals surface area contributed by atoms with E-state index in [2.05, 4.69) is 14.8 Å². The van der Waals surface area contributed by atoms with E-state index in [4.69, 9.17) is 4.74 Å². The number of esters is 1. The Morgan fingerprint density at radius 3 is 2.48 bits per heavy atom. The van der Waals surface area contributed by atoms with Crippen LogP contribution in [0.1, 0.15) is 5.56 Å². The lowest BCUT2D eigenvalue weighted by Crippen LogP contribution is -2.25. The Labute approximate surface area is 176 Å². The molecule has 160 valence electrons. The number of alkyl halides is 2. The largest absolute Gasteiger partial charge is 0.586 e. The summed E-state index contributed by atoms with van der Waals surface area (Å²) in [7, 11) is 3.76. The highest BCUT2D eigenvalue weighted by molar-refractivity contribution is 6.00. The SMILES string of the molecule is CN(C)c1ccc(/C=C(\C#N)C(=O)OCC(=O)Nc2ccc3c(c2)OC(F)(F)O3)cc1. The van der Waals surface area contributed by atoms with Crippen LogP contribution in [0.25, 0.3) is 6.08 Å². The van der Waals surface area contributed by atoms with E-state index in [9.17, 15) is 23.6 Å². The molecule has 0 spiro atoms. The number of hydrogen-bond donors (Lipinski definition) is 1. The van der Waals surface area contributed by atoms with E-state index >= 15 is 0 Å². The fraction of sp³-hybridized carbons (Fsp3) is 0.190. The predicted octanol–water partition coefficient (Wildman–Crippen LogP) is 3.16. The first-order chi connectivity index (χ1) is 14.7. The van der Waals surface area contributed by atoms with Gasteiger partial charge in [-0.2, -0.15) is 5.26 Å².